The summed E-state index contributed by atoms with van der Waals surface area (Å²) in [4.78, 5) is 21.7. The number of aromatic nitrogens is 2. The number of hydrogen-bond donors (Lipinski definition) is 1. The van der Waals surface area contributed by atoms with Gasteiger partial charge >= 0.3 is 5.69 Å². The maximum Gasteiger partial charge on any atom is 0.350 e. The molecule has 0 amide bonds. The van der Waals surface area contributed by atoms with Gasteiger partial charge in [-0.05, 0) is 24.3 Å². The van der Waals surface area contributed by atoms with Crippen LogP contribution < -0.4 is 15.9 Å². The average Bonchev–Trinajstić information content (AvgIpc) is 3.14. The van der Waals surface area contributed by atoms with Gasteiger partial charge in [-0.2, -0.15) is 4.98 Å². The molecule has 1 aromatic heterocycles. The van der Waals surface area contributed by atoms with Gasteiger partial charge in [0.2, 0.25) is 0 Å². The Morgan fingerprint density at radius 3 is 2.61 bits per heavy atom. The molecule has 3 heterocycles. The van der Waals surface area contributed by atoms with Gasteiger partial charge in [0.15, 0.2) is 0 Å². The summed E-state index contributed by atoms with van der Waals surface area (Å²) in [5.74, 6) is 0.898. The van der Waals surface area contributed by atoms with Gasteiger partial charge in [0.05, 0.1) is 22.3 Å². The van der Waals surface area contributed by atoms with Crippen LogP contribution in [0.5, 0.6) is 0 Å². The summed E-state index contributed by atoms with van der Waals surface area (Å²) >= 11 is 6.34. The number of nitrogens with one attached hydrogen (secondary N) is 1. The fraction of sp³-hybridized carbons (Fsp3) is 0.333. The second-order valence-electron chi connectivity index (χ2n) is 7.40. The third-order valence-electron chi connectivity index (χ3n) is 5.73. The number of halogens is 1. The van der Waals surface area contributed by atoms with Crippen LogP contribution in [0.2, 0.25) is 5.02 Å². The van der Waals surface area contributed by atoms with Gasteiger partial charge in [0, 0.05) is 44.7 Å². The molecule has 5 rings (SSSR count). The normalized spacial score (nSPS) is 19.6. The van der Waals surface area contributed by atoms with Crippen molar-refractivity contribution in [1.82, 2.24) is 14.5 Å². The topological polar surface area (TPSA) is 53.4 Å². The van der Waals surface area contributed by atoms with E-state index in [0.29, 0.717) is 0 Å². The fourth-order valence-electron chi connectivity index (χ4n) is 4.30. The number of hydrogen-bond acceptors (Lipinski definition) is 5. The first-order valence-electron chi connectivity index (χ1n) is 9.68. The summed E-state index contributed by atoms with van der Waals surface area (Å²) < 4.78 is 1.84. The second-order valence-corrected chi connectivity index (χ2v) is 7.81. The molecule has 0 radical (unpaired) electrons. The van der Waals surface area contributed by atoms with Crippen LogP contribution in [0.15, 0.2) is 53.3 Å². The molecule has 0 saturated carbocycles. The van der Waals surface area contributed by atoms with Gasteiger partial charge in [-0.1, -0.05) is 35.9 Å². The van der Waals surface area contributed by atoms with Crippen LogP contribution in [0, 0.1) is 0 Å². The molecule has 1 atom stereocenters. The summed E-state index contributed by atoms with van der Waals surface area (Å²) in [6.45, 7) is 5.37. The van der Waals surface area contributed by atoms with Gasteiger partial charge in [-0.25, -0.2) is 4.79 Å². The van der Waals surface area contributed by atoms with Crippen molar-refractivity contribution in [2.45, 2.75) is 6.04 Å². The molecule has 1 N–H and O–H groups in total. The van der Waals surface area contributed by atoms with Gasteiger partial charge in [-0.3, -0.25) is 9.47 Å². The molecule has 2 aliphatic rings. The van der Waals surface area contributed by atoms with E-state index in [-0.39, 0.29) is 11.7 Å². The minimum Gasteiger partial charge on any atom is -0.369 e. The van der Waals surface area contributed by atoms with Crippen molar-refractivity contribution in [3.8, 4) is 0 Å². The van der Waals surface area contributed by atoms with Crippen molar-refractivity contribution < 1.29 is 0 Å². The molecule has 7 heteroatoms. The Kier molecular flexibility index (Phi) is 4.45. The first kappa shape index (κ1) is 17.5. The van der Waals surface area contributed by atoms with E-state index in [2.05, 4.69) is 26.2 Å². The summed E-state index contributed by atoms with van der Waals surface area (Å²) in [6.07, 6.45) is 0. The van der Waals surface area contributed by atoms with Crippen molar-refractivity contribution in [2.75, 3.05) is 49.5 Å². The number of para-hydroxylation sites is 2. The molecule has 1 unspecified atom stereocenters. The van der Waals surface area contributed by atoms with Crippen LogP contribution >= 0.6 is 11.6 Å². The van der Waals surface area contributed by atoms with Crippen LogP contribution in [0.25, 0.3) is 10.9 Å². The number of piperazine rings is 1. The Labute approximate surface area is 168 Å². The van der Waals surface area contributed by atoms with Crippen molar-refractivity contribution in [2.24, 2.45) is 0 Å². The van der Waals surface area contributed by atoms with E-state index in [0.717, 1.165) is 66.7 Å². The third kappa shape index (κ3) is 3.02. The summed E-state index contributed by atoms with van der Waals surface area (Å²) in [5, 5.41) is 5.24. The lowest BCUT2D eigenvalue weighted by molar-refractivity contribution is 0.226. The molecule has 0 bridgehead atoms. The third-order valence-corrected chi connectivity index (χ3v) is 6.05. The molecule has 144 valence electrons. The number of anilines is 2. The van der Waals surface area contributed by atoms with Crippen molar-refractivity contribution in [3.05, 3.63) is 64.0 Å². The van der Waals surface area contributed by atoms with Crippen molar-refractivity contribution in [3.63, 3.8) is 0 Å². The fourth-order valence-corrected chi connectivity index (χ4v) is 4.56. The molecule has 1 fully saturated rings. The highest BCUT2D eigenvalue weighted by Gasteiger charge is 2.28. The molecule has 0 spiro atoms. The number of nitrogens with zero attached hydrogens (tertiary/aromatic N) is 4. The highest BCUT2D eigenvalue weighted by Crippen LogP contribution is 2.29. The summed E-state index contributed by atoms with van der Waals surface area (Å²) in [5.41, 5.74) is 1.68. The molecule has 28 heavy (non-hydrogen) atoms. The first-order chi connectivity index (χ1) is 13.7. The zero-order chi connectivity index (χ0) is 19.1. The van der Waals surface area contributed by atoms with E-state index in [4.69, 9.17) is 11.6 Å². The van der Waals surface area contributed by atoms with Crippen molar-refractivity contribution >= 4 is 34.0 Å². The van der Waals surface area contributed by atoms with E-state index < -0.39 is 0 Å². The second kappa shape index (κ2) is 7.11. The zero-order valence-electron chi connectivity index (χ0n) is 15.5. The Morgan fingerprint density at radius 2 is 1.79 bits per heavy atom. The lowest BCUT2D eigenvalue weighted by Crippen LogP contribution is -2.48. The standard InChI is InChI=1S/C21H22ClN5O/c22-17-6-2-4-8-19(17)26-11-9-25(10-12-26)14-15-13-23-20-16-5-1-3-7-18(16)24-21(28)27(15)20/h1-8,15,23H,9-14H2. The smallest absolute Gasteiger partial charge is 0.350 e. The van der Waals surface area contributed by atoms with Gasteiger partial charge in [0.25, 0.3) is 0 Å². The lowest BCUT2D eigenvalue weighted by atomic mass is 10.2. The molecule has 3 aromatic rings. The maximum absolute atomic E-state index is 12.6. The molecule has 2 aliphatic heterocycles. The Bertz CT molecular complexity index is 1070. The largest absolute Gasteiger partial charge is 0.369 e. The summed E-state index contributed by atoms with van der Waals surface area (Å²) in [7, 11) is 0. The predicted molar refractivity (Wildman–Crippen MR) is 114 cm³/mol. The zero-order valence-corrected chi connectivity index (χ0v) is 16.3. The van der Waals surface area contributed by atoms with Crippen LogP contribution in [-0.4, -0.2) is 53.7 Å². The van der Waals surface area contributed by atoms with Crippen LogP contribution in [0.1, 0.15) is 6.04 Å². The molecule has 1 saturated heterocycles. The van der Waals surface area contributed by atoms with E-state index in [1.807, 2.05) is 47.0 Å². The monoisotopic (exact) mass is 395 g/mol. The predicted octanol–water partition coefficient (Wildman–Crippen LogP) is 2.84. The highest BCUT2D eigenvalue weighted by molar-refractivity contribution is 6.33. The number of fused-ring (bicyclic) bond motifs is 3. The van der Waals surface area contributed by atoms with Gasteiger partial charge < -0.3 is 10.2 Å². The summed E-state index contributed by atoms with van der Waals surface area (Å²) in [6, 6.07) is 15.9. The molecular weight excluding hydrogens is 374 g/mol. The van der Waals surface area contributed by atoms with Crippen LogP contribution in [-0.2, 0) is 0 Å². The lowest BCUT2D eigenvalue weighted by Gasteiger charge is -2.37. The minimum absolute atomic E-state index is 0.103. The van der Waals surface area contributed by atoms with E-state index in [9.17, 15) is 4.79 Å². The minimum atomic E-state index is -0.168. The van der Waals surface area contributed by atoms with Gasteiger partial charge in [0.1, 0.15) is 5.82 Å². The van der Waals surface area contributed by atoms with Gasteiger partial charge in [-0.15, -0.1) is 0 Å². The van der Waals surface area contributed by atoms with E-state index in [1.165, 1.54) is 0 Å². The quantitative estimate of drug-likeness (QED) is 0.739. The average molecular weight is 396 g/mol. The Balaban J connectivity index is 1.31. The molecule has 6 nitrogen and oxygen atoms in total. The molecular formula is C21H22ClN5O. The first-order valence-corrected chi connectivity index (χ1v) is 10.1. The Morgan fingerprint density at radius 1 is 1.04 bits per heavy atom. The highest BCUT2D eigenvalue weighted by atomic mass is 35.5. The Hall–Kier alpha value is -2.57. The number of rotatable bonds is 3. The number of benzene rings is 2. The van der Waals surface area contributed by atoms with Crippen molar-refractivity contribution in [1.29, 1.82) is 0 Å². The van der Waals surface area contributed by atoms with E-state index >= 15 is 0 Å². The SMILES string of the molecule is O=c1nc2ccccc2c2n1C(CN1CCN(c3ccccc3Cl)CC1)CN2. The van der Waals surface area contributed by atoms with Crippen LogP contribution in [0.3, 0.4) is 0 Å². The van der Waals surface area contributed by atoms with Crippen LogP contribution in [0.4, 0.5) is 11.5 Å². The molecule has 2 aromatic carbocycles. The van der Waals surface area contributed by atoms with E-state index in [1.54, 1.807) is 0 Å². The molecule has 0 aliphatic carbocycles. The maximum atomic E-state index is 12.6.